The lowest BCUT2D eigenvalue weighted by Gasteiger charge is -2.27. The second kappa shape index (κ2) is 8.19. The van der Waals surface area contributed by atoms with Crippen molar-refractivity contribution in [2.45, 2.75) is 18.8 Å². The molecule has 0 radical (unpaired) electrons. The number of carbonyl (C=O) groups excluding carboxylic acids is 1. The monoisotopic (exact) mass is 450 g/mol. The number of ether oxygens (including phenoxy) is 1. The molecule has 7 heteroatoms. The molecule has 2 aromatic heterocycles. The van der Waals surface area contributed by atoms with Gasteiger partial charge in [-0.3, -0.25) is 19.0 Å². The molecule has 3 heterocycles. The Balaban J connectivity index is 1.43. The Morgan fingerprint density at radius 1 is 0.941 bits per heavy atom. The van der Waals surface area contributed by atoms with Crippen molar-refractivity contribution >= 4 is 28.5 Å². The molecule has 1 atom stereocenters. The Hall–Kier alpha value is -4.39. The minimum Gasteiger partial charge on any atom is -0.493 e. The van der Waals surface area contributed by atoms with Gasteiger partial charge in [-0.05, 0) is 23.8 Å². The molecule has 0 saturated carbocycles. The van der Waals surface area contributed by atoms with Crippen LogP contribution in [0, 0.1) is 0 Å². The first-order chi connectivity index (χ1) is 16.7. The van der Waals surface area contributed by atoms with Crippen molar-refractivity contribution in [1.82, 2.24) is 14.4 Å². The van der Waals surface area contributed by atoms with Gasteiger partial charge in [-0.2, -0.15) is 0 Å². The average Bonchev–Trinajstić information content (AvgIpc) is 3.23. The highest BCUT2D eigenvalue weighted by Crippen LogP contribution is 2.39. The van der Waals surface area contributed by atoms with E-state index in [1.807, 2.05) is 71.1 Å². The third kappa shape index (κ3) is 3.42. The maximum atomic E-state index is 13.3. The lowest BCUT2D eigenvalue weighted by molar-refractivity contribution is -0.116. The summed E-state index contributed by atoms with van der Waals surface area (Å²) >= 11 is 0. The maximum Gasteiger partial charge on any atom is 0.258 e. The molecule has 2 N–H and O–H groups in total. The van der Waals surface area contributed by atoms with E-state index >= 15 is 0 Å². The van der Waals surface area contributed by atoms with Gasteiger partial charge in [-0.1, -0.05) is 60.7 Å². The van der Waals surface area contributed by atoms with Gasteiger partial charge in [-0.25, -0.2) is 4.98 Å². The number of imidazole rings is 1. The number of rotatable bonds is 5. The van der Waals surface area contributed by atoms with E-state index < -0.39 is 5.92 Å². The zero-order chi connectivity index (χ0) is 23.1. The second-order valence-corrected chi connectivity index (χ2v) is 8.40. The zero-order valence-electron chi connectivity index (χ0n) is 18.3. The number of para-hydroxylation sites is 3. The van der Waals surface area contributed by atoms with E-state index in [4.69, 9.17) is 4.74 Å². The number of hydrogen-bond acceptors (Lipinski definition) is 4. The van der Waals surface area contributed by atoms with Crippen molar-refractivity contribution in [2.75, 3.05) is 11.9 Å². The number of carbonyl (C=O) groups is 1. The molecule has 0 aliphatic carbocycles. The fraction of sp³-hybridized carbons (Fsp3) is 0.148. The summed E-state index contributed by atoms with van der Waals surface area (Å²) in [7, 11) is 0. The van der Waals surface area contributed by atoms with Crippen LogP contribution in [-0.2, 0) is 11.2 Å². The number of nitrogens with one attached hydrogen (secondary N) is 2. The highest BCUT2D eigenvalue weighted by molar-refractivity contribution is 5.96. The van der Waals surface area contributed by atoms with Crippen molar-refractivity contribution in [3.05, 3.63) is 106 Å². The number of aromatic amines is 1. The summed E-state index contributed by atoms with van der Waals surface area (Å²) in [4.78, 5) is 33.5. The Bertz CT molecular complexity index is 1590. The number of benzene rings is 3. The van der Waals surface area contributed by atoms with E-state index in [2.05, 4.69) is 27.4 Å². The maximum absolute atomic E-state index is 13.3. The van der Waals surface area contributed by atoms with E-state index in [0.29, 0.717) is 29.5 Å². The van der Waals surface area contributed by atoms with Gasteiger partial charge in [0.05, 0.1) is 23.2 Å². The number of fused-ring (bicyclic) bond motifs is 5. The van der Waals surface area contributed by atoms with Crippen LogP contribution < -0.4 is 15.6 Å². The first kappa shape index (κ1) is 20.2. The van der Waals surface area contributed by atoms with Gasteiger partial charge in [0.15, 0.2) is 0 Å². The van der Waals surface area contributed by atoms with Gasteiger partial charge in [0.1, 0.15) is 11.6 Å². The Kier molecular flexibility index (Phi) is 4.87. The summed E-state index contributed by atoms with van der Waals surface area (Å²) < 4.78 is 7.98. The molecule has 0 unspecified atom stereocenters. The highest BCUT2D eigenvalue weighted by Gasteiger charge is 2.33. The third-order valence-corrected chi connectivity index (χ3v) is 6.29. The largest absolute Gasteiger partial charge is 0.493 e. The van der Waals surface area contributed by atoms with Crippen LogP contribution >= 0.6 is 0 Å². The Morgan fingerprint density at radius 2 is 1.71 bits per heavy atom. The van der Waals surface area contributed by atoms with Gasteiger partial charge in [0, 0.05) is 24.3 Å². The number of hydrogen-bond donors (Lipinski definition) is 2. The molecule has 7 nitrogen and oxygen atoms in total. The molecule has 1 aliphatic rings. The molecular formula is C27H22N4O3. The second-order valence-electron chi connectivity index (χ2n) is 8.40. The van der Waals surface area contributed by atoms with Crippen molar-refractivity contribution in [1.29, 1.82) is 0 Å². The quantitative estimate of drug-likeness (QED) is 0.419. The lowest BCUT2D eigenvalue weighted by atomic mass is 9.86. The van der Waals surface area contributed by atoms with Gasteiger partial charge in [0.25, 0.3) is 5.56 Å². The summed E-state index contributed by atoms with van der Waals surface area (Å²) in [6.45, 7) is 0.494. The predicted octanol–water partition coefficient (Wildman–Crippen LogP) is 4.27. The van der Waals surface area contributed by atoms with Crippen molar-refractivity contribution in [3.8, 4) is 5.75 Å². The molecule has 0 saturated heterocycles. The summed E-state index contributed by atoms with van der Waals surface area (Å²) in [6.07, 6.45) is 0.923. The number of amides is 1. The van der Waals surface area contributed by atoms with Crippen LogP contribution in [0.3, 0.4) is 0 Å². The van der Waals surface area contributed by atoms with Crippen LogP contribution in [0.2, 0.25) is 0 Å². The minimum atomic E-state index is -0.439. The molecule has 168 valence electrons. The molecule has 1 aliphatic heterocycles. The van der Waals surface area contributed by atoms with Gasteiger partial charge < -0.3 is 10.1 Å². The van der Waals surface area contributed by atoms with Crippen LogP contribution in [0.25, 0.3) is 16.8 Å². The van der Waals surface area contributed by atoms with E-state index in [9.17, 15) is 9.59 Å². The molecular weight excluding hydrogens is 428 g/mol. The van der Waals surface area contributed by atoms with Gasteiger partial charge >= 0.3 is 0 Å². The van der Waals surface area contributed by atoms with E-state index in [0.717, 1.165) is 23.0 Å². The molecule has 3 aromatic carbocycles. The predicted molar refractivity (Wildman–Crippen MR) is 130 cm³/mol. The van der Waals surface area contributed by atoms with Crippen molar-refractivity contribution in [2.24, 2.45) is 0 Å². The molecule has 5 aromatic rings. The number of anilines is 1. The molecule has 6 rings (SSSR count). The molecule has 0 bridgehead atoms. The summed E-state index contributed by atoms with van der Waals surface area (Å²) in [5, 5.41) is 2.93. The molecule has 1 amide bonds. The third-order valence-electron chi connectivity index (χ3n) is 6.29. The fourth-order valence-electron chi connectivity index (χ4n) is 4.74. The summed E-state index contributed by atoms with van der Waals surface area (Å²) in [5.74, 6) is 0.956. The van der Waals surface area contributed by atoms with Crippen molar-refractivity contribution < 1.29 is 9.53 Å². The smallest absolute Gasteiger partial charge is 0.258 e. The SMILES string of the molecule is O=C1C[C@H](c2ccccc2OCCc2ccccc2)c2c(n3c(nc4ccccc43)[nH]c2=O)N1. The zero-order valence-corrected chi connectivity index (χ0v) is 18.3. The fourth-order valence-corrected chi connectivity index (χ4v) is 4.74. The Morgan fingerprint density at radius 3 is 2.59 bits per heavy atom. The standard InChI is InChI=1S/C27H22N4O3/c32-23-16-19(18-10-4-7-13-22(18)34-15-14-17-8-2-1-3-9-17)24-25(29-23)31-21-12-6-5-11-20(21)28-27(31)30-26(24)33/h1-13,19H,14-16H2,(H,29,32)(H,28,30,33)/t19-/m1/s1. The number of nitrogens with zero attached hydrogens (tertiary/aromatic N) is 2. The molecule has 0 spiro atoms. The Labute approximate surface area is 195 Å². The molecule has 0 fully saturated rings. The first-order valence-corrected chi connectivity index (χ1v) is 11.3. The topological polar surface area (TPSA) is 88.5 Å². The van der Waals surface area contributed by atoms with E-state index in [1.165, 1.54) is 5.56 Å². The number of H-pyrrole nitrogens is 1. The van der Waals surface area contributed by atoms with Crippen molar-refractivity contribution in [3.63, 3.8) is 0 Å². The van der Waals surface area contributed by atoms with Crippen LogP contribution in [0.5, 0.6) is 5.75 Å². The normalized spacial score (nSPS) is 15.3. The molecule has 34 heavy (non-hydrogen) atoms. The summed E-state index contributed by atoms with van der Waals surface area (Å²) in [5.41, 5.74) is 3.82. The summed E-state index contributed by atoms with van der Waals surface area (Å²) in [6, 6.07) is 25.4. The number of aromatic nitrogens is 3. The minimum absolute atomic E-state index is 0.152. The van der Waals surface area contributed by atoms with Gasteiger partial charge in [-0.15, -0.1) is 0 Å². The first-order valence-electron chi connectivity index (χ1n) is 11.3. The van der Waals surface area contributed by atoms with Gasteiger partial charge in [0.2, 0.25) is 11.7 Å². The lowest BCUT2D eigenvalue weighted by Crippen LogP contribution is -2.32. The van der Waals surface area contributed by atoms with Crippen LogP contribution in [0.1, 0.15) is 29.0 Å². The average molecular weight is 450 g/mol. The van der Waals surface area contributed by atoms with Crippen LogP contribution in [-0.4, -0.2) is 26.9 Å². The highest BCUT2D eigenvalue weighted by atomic mass is 16.5. The van der Waals surface area contributed by atoms with Crippen LogP contribution in [0.15, 0.2) is 83.7 Å². The van der Waals surface area contributed by atoms with E-state index in [1.54, 1.807) is 0 Å². The van der Waals surface area contributed by atoms with Crippen LogP contribution in [0.4, 0.5) is 5.82 Å². The van der Waals surface area contributed by atoms with E-state index in [-0.39, 0.29) is 17.9 Å².